The lowest BCUT2D eigenvalue weighted by Gasteiger charge is -2.15. The predicted molar refractivity (Wildman–Crippen MR) is 74.7 cm³/mol. The molecule has 0 aliphatic carbocycles. The summed E-state index contributed by atoms with van der Waals surface area (Å²) in [6.07, 6.45) is 7.31. The van der Waals surface area contributed by atoms with Crippen LogP contribution in [0, 0.1) is 0 Å². The molecule has 2 aromatic heterocycles. The fourth-order valence-corrected chi connectivity index (χ4v) is 1.79. The SMILES string of the molecule is CCNc1cncc(NC(C)c2cccnc2)c1. The zero-order chi connectivity index (χ0) is 12.8. The third-order valence-corrected chi connectivity index (χ3v) is 2.69. The average molecular weight is 242 g/mol. The summed E-state index contributed by atoms with van der Waals surface area (Å²) < 4.78 is 0. The second-order valence-electron chi connectivity index (χ2n) is 4.15. The summed E-state index contributed by atoms with van der Waals surface area (Å²) in [5, 5.41) is 6.66. The number of hydrogen-bond acceptors (Lipinski definition) is 4. The van der Waals surface area contributed by atoms with Crippen LogP contribution in [0.1, 0.15) is 25.5 Å². The molecule has 0 aliphatic heterocycles. The van der Waals surface area contributed by atoms with Crippen LogP contribution in [0.3, 0.4) is 0 Å². The number of rotatable bonds is 5. The fraction of sp³-hybridized carbons (Fsp3) is 0.286. The quantitative estimate of drug-likeness (QED) is 0.846. The number of nitrogens with one attached hydrogen (secondary N) is 2. The number of nitrogens with zero attached hydrogens (tertiary/aromatic N) is 2. The maximum atomic E-state index is 4.21. The van der Waals surface area contributed by atoms with E-state index < -0.39 is 0 Å². The first-order valence-corrected chi connectivity index (χ1v) is 6.15. The zero-order valence-corrected chi connectivity index (χ0v) is 10.7. The molecule has 0 saturated heterocycles. The van der Waals surface area contributed by atoms with Crippen LogP contribution in [0.25, 0.3) is 0 Å². The highest BCUT2D eigenvalue weighted by atomic mass is 14.9. The Bertz CT molecular complexity index is 484. The molecule has 0 saturated carbocycles. The van der Waals surface area contributed by atoms with Crippen LogP contribution in [-0.4, -0.2) is 16.5 Å². The van der Waals surface area contributed by atoms with E-state index in [1.54, 1.807) is 6.20 Å². The van der Waals surface area contributed by atoms with Crippen molar-refractivity contribution in [2.24, 2.45) is 0 Å². The maximum absolute atomic E-state index is 4.21. The molecule has 94 valence electrons. The molecular formula is C14H18N4. The highest BCUT2D eigenvalue weighted by molar-refractivity contribution is 5.54. The molecular weight excluding hydrogens is 224 g/mol. The van der Waals surface area contributed by atoms with E-state index in [0.717, 1.165) is 23.5 Å². The van der Waals surface area contributed by atoms with Crippen LogP contribution in [-0.2, 0) is 0 Å². The Hall–Kier alpha value is -2.10. The Balaban J connectivity index is 2.07. The van der Waals surface area contributed by atoms with Crippen molar-refractivity contribution in [1.82, 2.24) is 9.97 Å². The van der Waals surface area contributed by atoms with Gasteiger partial charge in [-0.1, -0.05) is 6.07 Å². The Morgan fingerprint density at radius 2 is 2.00 bits per heavy atom. The molecule has 4 nitrogen and oxygen atoms in total. The molecule has 2 N–H and O–H groups in total. The Kier molecular flexibility index (Phi) is 4.12. The van der Waals surface area contributed by atoms with E-state index >= 15 is 0 Å². The van der Waals surface area contributed by atoms with Crippen LogP contribution in [0.4, 0.5) is 11.4 Å². The number of hydrogen-bond donors (Lipinski definition) is 2. The van der Waals surface area contributed by atoms with E-state index in [0.29, 0.717) is 0 Å². The lowest BCUT2D eigenvalue weighted by atomic mass is 10.1. The largest absolute Gasteiger partial charge is 0.384 e. The van der Waals surface area contributed by atoms with Crippen LogP contribution < -0.4 is 10.6 Å². The summed E-state index contributed by atoms with van der Waals surface area (Å²) in [5.41, 5.74) is 3.19. The lowest BCUT2D eigenvalue weighted by molar-refractivity contribution is 0.874. The van der Waals surface area contributed by atoms with Gasteiger partial charge >= 0.3 is 0 Å². The van der Waals surface area contributed by atoms with Gasteiger partial charge in [0, 0.05) is 18.9 Å². The first-order chi connectivity index (χ1) is 8.79. The van der Waals surface area contributed by atoms with Gasteiger partial charge in [0.1, 0.15) is 0 Å². The van der Waals surface area contributed by atoms with Crippen molar-refractivity contribution >= 4 is 11.4 Å². The topological polar surface area (TPSA) is 49.8 Å². The van der Waals surface area contributed by atoms with Gasteiger partial charge < -0.3 is 10.6 Å². The van der Waals surface area contributed by atoms with Crippen molar-refractivity contribution in [2.45, 2.75) is 19.9 Å². The van der Waals surface area contributed by atoms with Crippen molar-refractivity contribution in [2.75, 3.05) is 17.2 Å². The molecule has 2 heterocycles. The summed E-state index contributed by atoms with van der Waals surface area (Å²) in [5.74, 6) is 0. The Morgan fingerprint density at radius 3 is 2.72 bits per heavy atom. The number of aromatic nitrogens is 2. The number of pyridine rings is 2. The summed E-state index contributed by atoms with van der Waals surface area (Å²) in [6, 6.07) is 6.27. The van der Waals surface area contributed by atoms with E-state index in [1.807, 2.05) is 24.7 Å². The normalized spacial score (nSPS) is 11.9. The summed E-state index contributed by atoms with van der Waals surface area (Å²) in [4.78, 5) is 8.34. The molecule has 1 atom stereocenters. The molecule has 0 aliphatic rings. The van der Waals surface area contributed by atoms with Crippen LogP contribution in [0.2, 0.25) is 0 Å². The molecule has 0 fully saturated rings. The third kappa shape index (κ3) is 3.20. The molecule has 0 radical (unpaired) electrons. The van der Waals surface area contributed by atoms with Crippen molar-refractivity contribution in [3.8, 4) is 0 Å². The van der Waals surface area contributed by atoms with E-state index in [9.17, 15) is 0 Å². The second kappa shape index (κ2) is 6.00. The van der Waals surface area contributed by atoms with Crippen molar-refractivity contribution in [3.05, 3.63) is 48.5 Å². The van der Waals surface area contributed by atoms with Gasteiger partial charge in [0.2, 0.25) is 0 Å². The zero-order valence-electron chi connectivity index (χ0n) is 10.7. The molecule has 2 aromatic rings. The lowest BCUT2D eigenvalue weighted by Crippen LogP contribution is -2.07. The van der Waals surface area contributed by atoms with Crippen molar-refractivity contribution in [3.63, 3.8) is 0 Å². The molecule has 1 unspecified atom stereocenters. The van der Waals surface area contributed by atoms with Gasteiger partial charge in [-0.3, -0.25) is 9.97 Å². The van der Waals surface area contributed by atoms with E-state index in [1.165, 1.54) is 0 Å². The minimum atomic E-state index is 0.206. The monoisotopic (exact) mass is 242 g/mol. The summed E-state index contributed by atoms with van der Waals surface area (Å²) in [6.45, 7) is 5.07. The van der Waals surface area contributed by atoms with Gasteiger partial charge in [-0.15, -0.1) is 0 Å². The average Bonchev–Trinajstić information content (AvgIpc) is 2.40. The minimum Gasteiger partial charge on any atom is -0.384 e. The van der Waals surface area contributed by atoms with Crippen molar-refractivity contribution in [1.29, 1.82) is 0 Å². The molecule has 0 aromatic carbocycles. The first-order valence-electron chi connectivity index (χ1n) is 6.15. The summed E-state index contributed by atoms with van der Waals surface area (Å²) in [7, 11) is 0. The van der Waals surface area contributed by atoms with Crippen LogP contribution >= 0.6 is 0 Å². The molecule has 4 heteroatoms. The van der Waals surface area contributed by atoms with E-state index in [-0.39, 0.29) is 6.04 Å². The third-order valence-electron chi connectivity index (χ3n) is 2.69. The molecule has 0 bridgehead atoms. The minimum absolute atomic E-state index is 0.206. The second-order valence-corrected chi connectivity index (χ2v) is 4.15. The predicted octanol–water partition coefficient (Wildman–Crippen LogP) is 3.08. The Morgan fingerprint density at radius 1 is 1.17 bits per heavy atom. The first kappa shape index (κ1) is 12.4. The van der Waals surface area contributed by atoms with Gasteiger partial charge in [0.05, 0.1) is 29.8 Å². The van der Waals surface area contributed by atoms with Gasteiger partial charge in [0.15, 0.2) is 0 Å². The Labute approximate surface area is 107 Å². The molecule has 0 spiro atoms. The highest BCUT2D eigenvalue weighted by Gasteiger charge is 2.05. The standard InChI is InChI=1S/C14H18N4/c1-3-17-13-7-14(10-16-9-13)18-11(2)12-5-4-6-15-8-12/h4-11,17-18H,3H2,1-2H3. The highest BCUT2D eigenvalue weighted by Crippen LogP contribution is 2.19. The van der Waals surface area contributed by atoms with Crippen LogP contribution in [0.5, 0.6) is 0 Å². The fourth-order valence-electron chi connectivity index (χ4n) is 1.79. The van der Waals surface area contributed by atoms with Gasteiger partial charge in [-0.05, 0) is 31.5 Å². The number of anilines is 2. The van der Waals surface area contributed by atoms with E-state index in [2.05, 4.69) is 46.6 Å². The van der Waals surface area contributed by atoms with Gasteiger partial charge in [0.25, 0.3) is 0 Å². The van der Waals surface area contributed by atoms with Gasteiger partial charge in [-0.2, -0.15) is 0 Å². The van der Waals surface area contributed by atoms with E-state index in [4.69, 9.17) is 0 Å². The molecule has 0 amide bonds. The molecule has 2 rings (SSSR count). The van der Waals surface area contributed by atoms with Gasteiger partial charge in [-0.25, -0.2) is 0 Å². The maximum Gasteiger partial charge on any atom is 0.0552 e. The van der Waals surface area contributed by atoms with Crippen LogP contribution in [0.15, 0.2) is 43.0 Å². The summed E-state index contributed by atoms with van der Waals surface area (Å²) >= 11 is 0. The smallest absolute Gasteiger partial charge is 0.0552 e. The van der Waals surface area contributed by atoms with Crippen molar-refractivity contribution < 1.29 is 0 Å². The molecule has 18 heavy (non-hydrogen) atoms.